The van der Waals surface area contributed by atoms with Gasteiger partial charge in [-0.15, -0.1) is 0 Å². The Labute approximate surface area is 103 Å². The zero-order chi connectivity index (χ0) is 13.7. The van der Waals surface area contributed by atoms with Crippen molar-refractivity contribution >= 4 is 29.0 Å². The standard InChI is InChI=1S/C9H7F2N5.C2H6/c10-4-1-5-7(6(11)2-4)15-9(13)16-8(5)14-3-12;1-2/h1-3H,(H4,12,13,14,15,16);1-2H3. The van der Waals surface area contributed by atoms with E-state index in [1.807, 2.05) is 13.8 Å². The summed E-state index contributed by atoms with van der Waals surface area (Å²) < 4.78 is 26.4. The van der Waals surface area contributed by atoms with Gasteiger partial charge in [-0.1, -0.05) is 13.8 Å². The minimum absolute atomic E-state index is 0.0309. The Hall–Kier alpha value is -2.31. The molecule has 2 aromatic rings. The molecule has 1 heterocycles. The summed E-state index contributed by atoms with van der Waals surface area (Å²) in [6.07, 6.45) is 0.962. The van der Waals surface area contributed by atoms with Crippen molar-refractivity contribution in [2.24, 2.45) is 10.7 Å². The molecule has 0 aliphatic carbocycles. The maximum Gasteiger partial charge on any atom is 0.222 e. The molecular formula is C11H13F2N5. The van der Waals surface area contributed by atoms with Gasteiger partial charge in [-0.2, -0.15) is 4.98 Å². The lowest BCUT2D eigenvalue weighted by Gasteiger charge is -2.03. The number of hydrogen-bond acceptors (Lipinski definition) is 4. The molecule has 5 nitrogen and oxygen atoms in total. The van der Waals surface area contributed by atoms with Crippen LogP contribution < -0.4 is 11.5 Å². The Morgan fingerprint density at radius 2 is 1.89 bits per heavy atom. The predicted octanol–water partition coefficient (Wildman–Crippen LogP) is 2.13. The van der Waals surface area contributed by atoms with Crippen molar-refractivity contribution in [2.75, 3.05) is 5.73 Å². The fraction of sp³-hybridized carbons (Fsp3) is 0.182. The van der Waals surface area contributed by atoms with E-state index in [4.69, 9.17) is 11.5 Å². The highest BCUT2D eigenvalue weighted by Crippen LogP contribution is 2.26. The third kappa shape index (κ3) is 2.68. The summed E-state index contributed by atoms with van der Waals surface area (Å²) in [5, 5.41) is 0.119. The molecule has 1 aromatic heterocycles. The van der Waals surface area contributed by atoms with Crippen LogP contribution in [-0.2, 0) is 0 Å². The highest BCUT2D eigenvalue weighted by molar-refractivity contribution is 5.90. The average Bonchev–Trinajstić information content (AvgIpc) is 2.34. The van der Waals surface area contributed by atoms with Crippen molar-refractivity contribution in [2.45, 2.75) is 13.8 Å². The lowest BCUT2D eigenvalue weighted by atomic mass is 10.2. The van der Waals surface area contributed by atoms with Crippen LogP contribution in [0, 0.1) is 11.6 Å². The van der Waals surface area contributed by atoms with E-state index in [1.54, 1.807) is 0 Å². The van der Waals surface area contributed by atoms with Gasteiger partial charge in [0.1, 0.15) is 11.3 Å². The van der Waals surface area contributed by atoms with Gasteiger partial charge < -0.3 is 11.5 Å². The van der Waals surface area contributed by atoms with Gasteiger partial charge in [-0.05, 0) is 6.07 Å². The number of aromatic nitrogens is 2. The van der Waals surface area contributed by atoms with Crippen molar-refractivity contribution in [3.63, 3.8) is 0 Å². The Bertz CT molecular complexity index is 583. The molecule has 96 valence electrons. The van der Waals surface area contributed by atoms with Crippen molar-refractivity contribution in [1.29, 1.82) is 0 Å². The summed E-state index contributed by atoms with van der Waals surface area (Å²) in [7, 11) is 0. The number of nitrogens with zero attached hydrogens (tertiary/aromatic N) is 3. The smallest absolute Gasteiger partial charge is 0.222 e. The van der Waals surface area contributed by atoms with Gasteiger partial charge >= 0.3 is 0 Å². The number of aliphatic imine (C=N–C) groups is 1. The number of anilines is 1. The molecule has 1 aromatic carbocycles. The van der Waals surface area contributed by atoms with Crippen LogP contribution in [0.4, 0.5) is 20.5 Å². The SMILES string of the molecule is CC.NC=Nc1nc(N)nc2c(F)cc(F)cc12. The summed E-state index contributed by atoms with van der Waals surface area (Å²) in [5.74, 6) is -1.69. The first-order valence-corrected chi connectivity index (χ1v) is 5.28. The first-order chi connectivity index (χ1) is 8.61. The number of rotatable bonds is 1. The zero-order valence-corrected chi connectivity index (χ0v) is 9.98. The van der Waals surface area contributed by atoms with Crippen LogP contribution in [0.5, 0.6) is 0 Å². The molecular weight excluding hydrogens is 240 g/mol. The van der Waals surface area contributed by atoms with Gasteiger partial charge in [0.2, 0.25) is 5.95 Å². The fourth-order valence-corrected chi connectivity index (χ4v) is 1.33. The summed E-state index contributed by atoms with van der Waals surface area (Å²) in [6.45, 7) is 4.00. The van der Waals surface area contributed by atoms with Gasteiger partial charge in [0.15, 0.2) is 11.6 Å². The summed E-state index contributed by atoms with van der Waals surface area (Å²) in [4.78, 5) is 11.1. The maximum atomic E-state index is 13.4. The van der Waals surface area contributed by atoms with Crippen LogP contribution in [-0.4, -0.2) is 16.3 Å². The largest absolute Gasteiger partial charge is 0.390 e. The summed E-state index contributed by atoms with van der Waals surface area (Å²) in [6, 6.07) is 1.78. The zero-order valence-electron chi connectivity index (χ0n) is 9.98. The molecule has 0 aliphatic rings. The van der Waals surface area contributed by atoms with Crippen LogP contribution in [0.15, 0.2) is 17.1 Å². The molecule has 0 bridgehead atoms. The fourth-order valence-electron chi connectivity index (χ4n) is 1.33. The molecule has 18 heavy (non-hydrogen) atoms. The predicted molar refractivity (Wildman–Crippen MR) is 67.6 cm³/mol. The third-order valence-corrected chi connectivity index (χ3v) is 1.91. The van der Waals surface area contributed by atoms with Gasteiger partial charge in [0.25, 0.3) is 0 Å². The molecule has 0 spiro atoms. The molecule has 0 aliphatic heterocycles. The maximum absolute atomic E-state index is 13.4. The molecule has 0 unspecified atom stereocenters. The van der Waals surface area contributed by atoms with Crippen molar-refractivity contribution in [1.82, 2.24) is 9.97 Å². The first-order valence-electron chi connectivity index (χ1n) is 5.28. The molecule has 0 saturated carbocycles. The van der Waals surface area contributed by atoms with Crippen molar-refractivity contribution in [3.8, 4) is 0 Å². The second-order valence-corrected chi connectivity index (χ2v) is 2.97. The normalized spacial score (nSPS) is 10.4. The molecule has 7 heteroatoms. The van der Waals surface area contributed by atoms with E-state index < -0.39 is 11.6 Å². The molecule has 0 fully saturated rings. The van der Waals surface area contributed by atoms with Crippen LogP contribution >= 0.6 is 0 Å². The number of halogens is 2. The minimum Gasteiger partial charge on any atom is -0.390 e. The van der Waals surface area contributed by atoms with E-state index in [0.717, 1.165) is 12.4 Å². The lowest BCUT2D eigenvalue weighted by molar-refractivity contribution is 0.590. The van der Waals surface area contributed by atoms with Crippen LogP contribution in [0.1, 0.15) is 13.8 Å². The van der Waals surface area contributed by atoms with E-state index in [0.29, 0.717) is 6.07 Å². The molecule has 0 radical (unpaired) electrons. The van der Waals surface area contributed by atoms with Crippen molar-refractivity contribution < 1.29 is 8.78 Å². The number of hydrogen-bond donors (Lipinski definition) is 2. The molecule has 0 amide bonds. The van der Waals surface area contributed by atoms with Gasteiger partial charge in [-0.3, -0.25) is 0 Å². The van der Waals surface area contributed by atoms with Gasteiger partial charge in [-0.25, -0.2) is 18.8 Å². The van der Waals surface area contributed by atoms with E-state index in [2.05, 4.69) is 15.0 Å². The number of nitrogen functional groups attached to an aromatic ring is 1. The van der Waals surface area contributed by atoms with E-state index >= 15 is 0 Å². The van der Waals surface area contributed by atoms with Gasteiger partial charge in [0.05, 0.1) is 11.7 Å². The number of benzene rings is 1. The second kappa shape index (κ2) is 5.85. The molecule has 0 atom stereocenters. The Morgan fingerprint density at radius 3 is 2.50 bits per heavy atom. The molecule has 2 rings (SSSR count). The topological polar surface area (TPSA) is 90.2 Å². The van der Waals surface area contributed by atoms with E-state index in [9.17, 15) is 8.78 Å². The second-order valence-electron chi connectivity index (χ2n) is 2.97. The number of fused-ring (bicyclic) bond motifs is 1. The van der Waals surface area contributed by atoms with Gasteiger partial charge in [0, 0.05) is 6.07 Å². The van der Waals surface area contributed by atoms with Crippen molar-refractivity contribution in [3.05, 3.63) is 23.8 Å². The minimum atomic E-state index is -0.822. The summed E-state index contributed by atoms with van der Waals surface area (Å²) in [5.41, 5.74) is 10.4. The Kier molecular flexibility index (Phi) is 4.47. The lowest BCUT2D eigenvalue weighted by Crippen LogP contribution is -1.98. The summed E-state index contributed by atoms with van der Waals surface area (Å²) >= 11 is 0. The van der Waals surface area contributed by atoms with Crippen LogP contribution in [0.25, 0.3) is 10.9 Å². The molecule has 0 saturated heterocycles. The number of nitrogens with two attached hydrogens (primary N) is 2. The van der Waals surface area contributed by atoms with Crippen LogP contribution in [0.2, 0.25) is 0 Å². The third-order valence-electron chi connectivity index (χ3n) is 1.91. The highest BCUT2D eigenvalue weighted by Gasteiger charge is 2.11. The molecule has 4 N–H and O–H groups in total. The monoisotopic (exact) mass is 253 g/mol. The average molecular weight is 253 g/mol. The highest BCUT2D eigenvalue weighted by atomic mass is 19.1. The quantitative estimate of drug-likeness (QED) is 0.601. The Balaban J connectivity index is 0.000000771. The van der Waals surface area contributed by atoms with E-state index in [1.165, 1.54) is 0 Å². The first kappa shape index (κ1) is 13.8. The van der Waals surface area contributed by atoms with Crippen LogP contribution in [0.3, 0.4) is 0 Å². The van der Waals surface area contributed by atoms with E-state index in [-0.39, 0.29) is 22.7 Å². The Morgan fingerprint density at radius 1 is 1.22 bits per heavy atom.